The van der Waals surface area contributed by atoms with E-state index in [9.17, 15) is 19.5 Å². The van der Waals surface area contributed by atoms with E-state index < -0.39 is 23.5 Å². The first-order valence-corrected chi connectivity index (χ1v) is 11.3. The van der Waals surface area contributed by atoms with E-state index in [4.69, 9.17) is 8.83 Å². The van der Waals surface area contributed by atoms with Crippen LogP contribution in [0.15, 0.2) is 19.7 Å². The fourth-order valence-corrected chi connectivity index (χ4v) is 4.68. The second kappa shape index (κ2) is 8.81. The Balaban J connectivity index is 1.72. The Morgan fingerprint density at radius 3 is 2.53 bits per heavy atom. The lowest BCUT2D eigenvalue weighted by molar-refractivity contribution is -0.308. The summed E-state index contributed by atoms with van der Waals surface area (Å²) in [6.07, 6.45) is 5.58. The number of benzene rings is 1. The van der Waals surface area contributed by atoms with Gasteiger partial charge in [0.25, 0.3) is 0 Å². The van der Waals surface area contributed by atoms with E-state index in [-0.39, 0.29) is 12.0 Å². The number of aliphatic carboxylic acids is 1. The first-order valence-electron chi connectivity index (χ1n) is 11.3. The van der Waals surface area contributed by atoms with Crippen molar-refractivity contribution < 1.29 is 23.5 Å². The maximum absolute atomic E-state index is 12.8. The third-order valence-corrected chi connectivity index (χ3v) is 6.53. The van der Waals surface area contributed by atoms with Gasteiger partial charge in [-0.2, -0.15) is 0 Å². The number of carboxylic acids is 1. The summed E-state index contributed by atoms with van der Waals surface area (Å²) in [5.74, 6) is -0.856. The van der Waals surface area contributed by atoms with Gasteiger partial charge in [-0.25, -0.2) is 4.79 Å². The van der Waals surface area contributed by atoms with Crippen LogP contribution >= 0.6 is 0 Å². The largest absolute Gasteiger partial charge is 0.548 e. The van der Waals surface area contributed by atoms with Crippen LogP contribution in [0.4, 0.5) is 0 Å². The van der Waals surface area contributed by atoms with Crippen molar-refractivity contribution >= 4 is 33.8 Å². The number of fused-ring (bicyclic) bond motifs is 4. The standard InChI is InChI=1S/C25H29NO6/c1-4-5-9-19(24(28)29)26-21(27)12-17-13(2)16-11-18-15-8-6-7-10-20(15)31-23(18)14(3)22(16)32-25(17)30/h11,19H,4-10,12H2,1-3H3,(H,26,27)(H,28,29)/p-1/t19-/m1/s1. The SMILES string of the molecule is CCCC[C@@H](NC(=O)Cc1c(C)c2cc3c4c(oc3c(C)c2oc1=O)CCCC4)C(=O)[O-]. The zero-order valence-corrected chi connectivity index (χ0v) is 18.8. The van der Waals surface area contributed by atoms with Crippen molar-refractivity contribution in [2.24, 2.45) is 0 Å². The zero-order chi connectivity index (χ0) is 23.0. The first kappa shape index (κ1) is 22.1. The molecule has 0 saturated heterocycles. The predicted molar refractivity (Wildman–Crippen MR) is 119 cm³/mol. The molecule has 7 heteroatoms. The summed E-state index contributed by atoms with van der Waals surface area (Å²) in [7, 11) is 0. The predicted octanol–water partition coefficient (Wildman–Crippen LogP) is 3.00. The number of rotatable bonds is 7. The zero-order valence-electron chi connectivity index (χ0n) is 18.8. The van der Waals surface area contributed by atoms with E-state index in [0.29, 0.717) is 24.0 Å². The van der Waals surface area contributed by atoms with Gasteiger partial charge in [0.15, 0.2) is 0 Å². The van der Waals surface area contributed by atoms with Crippen LogP contribution < -0.4 is 16.0 Å². The molecule has 170 valence electrons. The molecule has 0 saturated carbocycles. The molecule has 7 nitrogen and oxygen atoms in total. The van der Waals surface area contributed by atoms with Crippen molar-refractivity contribution in [2.45, 2.75) is 78.2 Å². The average Bonchev–Trinajstić information content (AvgIpc) is 3.14. The lowest BCUT2D eigenvalue weighted by atomic mass is 9.93. The van der Waals surface area contributed by atoms with E-state index in [2.05, 4.69) is 5.32 Å². The van der Waals surface area contributed by atoms with Crippen LogP contribution in [0.5, 0.6) is 0 Å². The molecule has 1 aliphatic carbocycles. The van der Waals surface area contributed by atoms with Crippen molar-refractivity contribution in [3.63, 3.8) is 0 Å². The second-order valence-corrected chi connectivity index (χ2v) is 8.72. The van der Waals surface area contributed by atoms with Gasteiger partial charge in [-0.05, 0) is 51.2 Å². The molecular formula is C25H28NO6-. The normalized spacial score (nSPS) is 14.5. The fourth-order valence-electron chi connectivity index (χ4n) is 4.68. The fraction of sp³-hybridized carbons (Fsp3) is 0.480. The number of amides is 1. The van der Waals surface area contributed by atoms with Gasteiger partial charge in [-0.15, -0.1) is 0 Å². The van der Waals surface area contributed by atoms with Crippen molar-refractivity contribution in [3.8, 4) is 0 Å². The lowest BCUT2D eigenvalue weighted by Gasteiger charge is -2.19. The summed E-state index contributed by atoms with van der Waals surface area (Å²) in [4.78, 5) is 36.7. The Bertz CT molecular complexity index is 1270. The molecule has 1 aromatic carbocycles. The Morgan fingerprint density at radius 1 is 1.09 bits per heavy atom. The third kappa shape index (κ3) is 3.92. The Labute approximate surface area is 185 Å². The van der Waals surface area contributed by atoms with Crippen LogP contribution in [0.2, 0.25) is 0 Å². The molecule has 2 heterocycles. The van der Waals surface area contributed by atoms with E-state index >= 15 is 0 Å². The Morgan fingerprint density at radius 2 is 1.81 bits per heavy atom. The van der Waals surface area contributed by atoms with Crippen molar-refractivity contribution in [2.75, 3.05) is 0 Å². The highest BCUT2D eigenvalue weighted by Gasteiger charge is 2.24. The Hall–Kier alpha value is -3.09. The summed E-state index contributed by atoms with van der Waals surface area (Å²) in [5, 5.41) is 15.6. The molecule has 1 N–H and O–H groups in total. The summed E-state index contributed by atoms with van der Waals surface area (Å²) >= 11 is 0. The van der Waals surface area contributed by atoms with Gasteiger partial charge in [-0.1, -0.05) is 19.8 Å². The minimum absolute atomic E-state index is 0.235. The van der Waals surface area contributed by atoms with Gasteiger partial charge in [0, 0.05) is 28.3 Å². The monoisotopic (exact) mass is 438 g/mol. The first-order chi connectivity index (χ1) is 15.3. The minimum atomic E-state index is -1.32. The topological polar surface area (TPSA) is 113 Å². The molecule has 3 aromatic rings. The highest BCUT2D eigenvalue weighted by molar-refractivity contribution is 6.00. The number of unbranched alkanes of at least 4 members (excludes halogenated alkanes) is 1. The van der Waals surface area contributed by atoms with Crippen molar-refractivity contribution in [3.05, 3.63) is 44.5 Å². The molecule has 1 amide bonds. The summed E-state index contributed by atoms with van der Waals surface area (Å²) in [6, 6.07) is 0.922. The molecule has 0 aliphatic heterocycles. The van der Waals surface area contributed by atoms with Crippen molar-refractivity contribution in [1.29, 1.82) is 0 Å². The van der Waals surface area contributed by atoms with E-state index in [1.54, 1.807) is 6.92 Å². The molecule has 32 heavy (non-hydrogen) atoms. The molecule has 4 rings (SSSR count). The molecule has 0 fully saturated rings. The van der Waals surface area contributed by atoms with Gasteiger partial charge in [0.05, 0.1) is 24.0 Å². The van der Waals surface area contributed by atoms with Gasteiger partial charge in [0.2, 0.25) is 5.91 Å². The lowest BCUT2D eigenvalue weighted by Crippen LogP contribution is -2.48. The number of hydrogen-bond acceptors (Lipinski definition) is 6. The quantitative estimate of drug-likeness (QED) is 0.568. The average molecular weight is 439 g/mol. The van der Waals surface area contributed by atoms with Gasteiger partial charge < -0.3 is 24.1 Å². The number of hydrogen-bond donors (Lipinski definition) is 1. The number of furan rings is 1. The molecule has 1 aliphatic rings. The summed E-state index contributed by atoms with van der Waals surface area (Å²) in [5.41, 5.74) is 3.52. The molecular weight excluding hydrogens is 410 g/mol. The number of aryl methyl sites for hydroxylation is 4. The summed E-state index contributed by atoms with van der Waals surface area (Å²) < 4.78 is 11.8. The van der Waals surface area contributed by atoms with Crippen molar-refractivity contribution in [1.82, 2.24) is 5.32 Å². The molecule has 0 spiro atoms. The van der Waals surface area contributed by atoms with Gasteiger partial charge in [0.1, 0.15) is 16.9 Å². The number of carboxylic acid groups (broad SMARTS) is 1. The van der Waals surface area contributed by atoms with Crippen LogP contribution in [0.25, 0.3) is 21.9 Å². The van der Waals surface area contributed by atoms with Gasteiger partial charge in [-0.3, -0.25) is 4.79 Å². The van der Waals surface area contributed by atoms with Crippen LogP contribution in [0, 0.1) is 13.8 Å². The third-order valence-electron chi connectivity index (χ3n) is 6.53. The molecule has 0 bridgehead atoms. The second-order valence-electron chi connectivity index (χ2n) is 8.72. The van der Waals surface area contributed by atoms with Crippen LogP contribution in [0.1, 0.15) is 67.0 Å². The number of carbonyl (C=O) groups excluding carboxylic acids is 2. The maximum Gasteiger partial charge on any atom is 0.340 e. The van der Waals surface area contributed by atoms with Gasteiger partial charge >= 0.3 is 5.63 Å². The highest BCUT2D eigenvalue weighted by atomic mass is 16.4. The maximum atomic E-state index is 12.8. The molecule has 0 radical (unpaired) electrons. The number of carbonyl (C=O) groups is 2. The minimum Gasteiger partial charge on any atom is -0.548 e. The van der Waals surface area contributed by atoms with Crippen LogP contribution in [0.3, 0.4) is 0 Å². The molecule has 0 unspecified atom stereocenters. The van der Waals surface area contributed by atoms with E-state index in [1.165, 1.54) is 5.56 Å². The van der Waals surface area contributed by atoms with E-state index in [1.807, 2.05) is 19.9 Å². The smallest absolute Gasteiger partial charge is 0.340 e. The van der Waals surface area contributed by atoms with Crippen LogP contribution in [-0.2, 0) is 28.9 Å². The summed E-state index contributed by atoms with van der Waals surface area (Å²) in [6.45, 7) is 5.62. The molecule has 2 aromatic heterocycles. The molecule has 1 atom stereocenters. The Kier molecular flexibility index (Phi) is 6.09. The number of nitrogens with one attached hydrogen (secondary N) is 1. The van der Waals surface area contributed by atoms with Crippen LogP contribution in [-0.4, -0.2) is 17.9 Å². The highest BCUT2D eigenvalue weighted by Crippen LogP contribution is 2.37. The van der Waals surface area contributed by atoms with E-state index in [0.717, 1.165) is 59.8 Å².